The van der Waals surface area contributed by atoms with Gasteiger partial charge in [-0.3, -0.25) is 19.7 Å². The maximum absolute atomic E-state index is 12.9. The van der Waals surface area contributed by atoms with Crippen molar-refractivity contribution in [3.8, 4) is 11.8 Å². The fraction of sp³-hybridized carbons (Fsp3) is 0.520. The van der Waals surface area contributed by atoms with E-state index >= 15 is 0 Å². The van der Waals surface area contributed by atoms with Crippen LogP contribution in [-0.2, 0) is 16.1 Å². The number of ether oxygens (including phenoxy) is 1. The Morgan fingerprint density at radius 3 is 2.85 bits per heavy atom. The molecular weight excluding hydrogens is 420 g/mol. The van der Waals surface area contributed by atoms with Crippen LogP contribution >= 0.6 is 0 Å². The number of hydrogen-bond acceptors (Lipinski definition) is 6. The summed E-state index contributed by atoms with van der Waals surface area (Å²) in [6.07, 6.45) is 6.47. The van der Waals surface area contributed by atoms with Gasteiger partial charge in [0.05, 0.1) is 6.07 Å². The van der Waals surface area contributed by atoms with Crippen LogP contribution in [0, 0.1) is 11.3 Å². The van der Waals surface area contributed by atoms with Crippen LogP contribution in [-0.4, -0.2) is 47.4 Å². The number of fused-ring (bicyclic) bond motifs is 1. The van der Waals surface area contributed by atoms with Crippen LogP contribution in [0.2, 0.25) is 0 Å². The number of rotatable bonds is 8. The van der Waals surface area contributed by atoms with Crippen molar-refractivity contribution in [2.24, 2.45) is 0 Å². The lowest BCUT2D eigenvalue weighted by molar-refractivity contribution is -0.136. The van der Waals surface area contributed by atoms with Gasteiger partial charge in [-0.1, -0.05) is 13.0 Å². The summed E-state index contributed by atoms with van der Waals surface area (Å²) in [6, 6.07) is 7.22. The third kappa shape index (κ3) is 5.25. The molecule has 33 heavy (non-hydrogen) atoms. The topological polar surface area (TPSA) is 112 Å². The predicted octanol–water partition coefficient (Wildman–Crippen LogP) is 2.59. The lowest BCUT2D eigenvalue weighted by atomic mass is 9.92. The van der Waals surface area contributed by atoms with Crippen LogP contribution in [0.1, 0.15) is 67.3 Å². The lowest BCUT2D eigenvalue weighted by Gasteiger charge is -2.32. The average molecular weight is 451 g/mol. The van der Waals surface area contributed by atoms with Crippen LogP contribution in [0.15, 0.2) is 30.4 Å². The lowest BCUT2D eigenvalue weighted by Crippen LogP contribution is -2.52. The van der Waals surface area contributed by atoms with Gasteiger partial charge in [-0.2, -0.15) is 5.26 Å². The second kappa shape index (κ2) is 10.2. The van der Waals surface area contributed by atoms with Crippen molar-refractivity contribution in [3.05, 3.63) is 41.5 Å². The van der Waals surface area contributed by atoms with Crippen LogP contribution in [0.4, 0.5) is 0 Å². The summed E-state index contributed by atoms with van der Waals surface area (Å²) >= 11 is 0. The molecular formula is C25H30N4O4. The summed E-state index contributed by atoms with van der Waals surface area (Å²) in [4.78, 5) is 38.1. The van der Waals surface area contributed by atoms with E-state index in [1.165, 1.54) is 0 Å². The van der Waals surface area contributed by atoms with Crippen molar-refractivity contribution >= 4 is 17.7 Å². The number of amides is 3. The Bertz CT molecular complexity index is 999. The minimum atomic E-state index is -0.615. The van der Waals surface area contributed by atoms with Gasteiger partial charge in [0.1, 0.15) is 17.9 Å². The maximum Gasteiger partial charge on any atom is 0.255 e. The largest absolute Gasteiger partial charge is 0.489 e. The fourth-order valence-corrected chi connectivity index (χ4v) is 4.92. The molecule has 2 aliphatic heterocycles. The molecule has 1 aromatic rings. The number of imide groups is 1. The summed E-state index contributed by atoms with van der Waals surface area (Å²) < 4.78 is 6.36. The van der Waals surface area contributed by atoms with E-state index < -0.39 is 11.9 Å². The third-order valence-electron chi connectivity index (χ3n) is 6.70. The molecule has 0 radical (unpaired) electrons. The minimum Gasteiger partial charge on any atom is -0.489 e. The maximum atomic E-state index is 12.9. The zero-order valence-corrected chi connectivity index (χ0v) is 18.8. The highest BCUT2D eigenvalue weighted by Crippen LogP contribution is 2.32. The van der Waals surface area contributed by atoms with Crippen LogP contribution in [0.25, 0.3) is 0 Å². The molecule has 0 aromatic heterocycles. The number of nitriles is 1. The van der Waals surface area contributed by atoms with Gasteiger partial charge < -0.3 is 15.0 Å². The molecule has 3 aliphatic rings. The molecule has 2 heterocycles. The third-order valence-corrected chi connectivity index (χ3v) is 6.70. The van der Waals surface area contributed by atoms with Crippen molar-refractivity contribution < 1.29 is 19.1 Å². The van der Waals surface area contributed by atoms with E-state index in [0.717, 1.165) is 50.0 Å². The Kier molecular flexibility index (Phi) is 7.09. The second-order valence-electron chi connectivity index (χ2n) is 9.04. The van der Waals surface area contributed by atoms with E-state index in [1.54, 1.807) is 11.0 Å². The van der Waals surface area contributed by atoms with Gasteiger partial charge in [-0.05, 0) is 68.8 Å². The normalized spacial score (nSPS) is 24.8. The van der Waals surface area contributed by atoms with Crippen LogP contribution < -0.4 is 15.4 Å². The number of allylic oxidation sites excluding steroid dienone is 1. The standard InChI is InChI=1S/C25H30N4O4/c1-16(14-26)5-4-12-27-20-6-2-3-7-22(20)33-18-8-9-19-17(13-18)15-29(25(19)32)21-10-11-23(30)28-24(21)31/h8-9,13,20-22,27H,1-7,10-12,15H2,(H,28,30,31). The SMILES string of the molecule is C=C(C#N)CCCNC1CCCCC1Oc1ccc2c(c1)CN(C1CCC(=O)NC1=O)C2=O. The van der Waals surface area contributed by atoms with E-state index in [9.17, 15) is 14.4 Å². The molecule has 1 aromatic carbocycles. The summed E-state index contributed by atoms with van der Waals surface area (Å²) in [5, 5.41) is 14.7. The Hall–Kier alpha value is -3.18. The van der Waals surface area contributed by atoms with E-state index in [4.69, 9.17) is 10.00 Å². The average Bonchev–Trinajstić information content (AvgIpc) is 3.13. The fourth-order valence-electron chi connectivity index (χ4n) is 4.92. The first-order chi connectivity index (χ1) is 16.0. The van der Waals surface area contributed by atoms with Crippen LogP contribution in [0.3, 0.4) is 0 Å². The zero-order chi connectivity index (χ0) is 23.4. The van der Waals surface area contributed by atoms with Gasteiger partial charge in [-0.15, -0.1) is 0 Å². The summed E-state index contributed by atoms with van der Waals surface area (Å²) in [5.41, 5.74) is 2.04. The van der Waals surface area contributed by atoms with Crippen molar-refractivity contribution in [3.63, 3.8) is 0 Å². The Balaban J connectivity index is 1.37. The molecule has 8 nitrogen and oxygen atoms in total. The first-order valence-corrected chi connectivity index (χ1v) is 11.7. The zero-order valence-electron chi connectivity index (χ0n) is 18.8. The number of nitrogens with one attached hydrogen (secondary N) is 2. The number of carbonyl (C=O) groups excluding carboxylic acids is 3. The van der Waals surface area contributed by atoms with Gasteiger partial charge in [0.15, 0.2) is 0 Å². The molecule has 1 aliphatic carbocycles. The molecule has 3 amide bonds. The number of nitrogens with zero attached hydrogens (tertiary/aromatic N) is 2. The molecule has 8 heteroatoms. The minimum absolute atomic E-state index is 0.0410. The van der Waals surface area contributed by atoms with Gasteiger partial charge in [0.2, 0.25) is 11.8 Å². The van der Waals surface area contributed by atoms with Crippen molar-refractivity contribution in [1.82, 2.24) is 15.5 Å². The molecule has 1 saturated carbocycles. The first kappa shape index (κ1) is 23.0. The number of piperidine rings is 1. The molecule has 1 saturated heterocycles. The van der Waals surface area contributed by atoms with Crippen LogP contribution in [0.5, 0.6) is 5.75 Å². The molecule has 2 fully saturated rings. The van der Waals surface area contributed by atoms with E-state index in [2.05, 4.69) is 23.3 Å². The Morgan fingerprint density at radius 1 is 1.24 bits per heavy atom. The number of hydrogen-bond donors (Lipinski definition) is 2. The molecule has 3 atom stereocenters. The second-order valence-corrected chi connectivity index (χ2v) is 9.04. The highest BCUT2D eigenvalue weighted by Gasteiger charge is 2.39. The highest BCUT2D eigenvalue weighted by molar-refractivity contribution is 6.05. The Morgan fingerprint density at radius 2 is 2.06 bits per heavy atom. The molecule has 0 spiro atoms. The van der Waals surface area contributed by atoms with Gasteiger partial charge in [0.25, 0.3) is 5.91 Å². The van der Waals surface area contributed by atoms with Crippen molar-refractivity contribution in [1.29, 1.82) is 5.26 Å². The van der Waals surface area contributed by atoms with Gasteiger partial charge in [0, 0.05) is 30.1 Å². The van der Waals surface area contributed by atoms with E-state index in [1.807, 2.05) is 12.1 Å². The van der Waals surface area contributed by atoms with E-state index in [0.29, 0.717) is 30.5 Å². The summed E-state index contributed by atoms with van der Waals surface area (Å²) in [7, 11) is 0. The molecule has 3 unspecified atom stereocenters. The molecule has 4 rings (SSSR count). The molecule has 174 valence electrons. The van der Waals surface area contributed by atoms with Gasteiger partial charge in [-0.25, -0.2) is 0 Å². The predicted molar refractivity (Wildman–Crippen MR) is 121 cm³/mol. The van der Waals surface area contributed by atoms with E-state index in [-0.39, 0.29) is 30.4 Å². The number of carbonyl (C=O) groups is 3. The summed E-state index contributed by atoms with van der Waals surface area (Å²) in [5.74, 6) is -0.148. The molecule has 0 bridgehead atoms. The monoisotopic (exact) mass is 450 g/mol. The van der Waals surface area contributed by atoms with Crippen molar-refractivity contribution in [2.75, 3.05) is 6.54 Å². The summed E-state index contributed by atoms with van der Waals surface area (Å²) in [6.45, 7) is 4.88. The van der Waals surface area contributed by atoms with Crippen molar-refractivity contribution in [2.45, 2.75) is 76.1 Å². The van der Waals surface area contributed by atoms with Gasteiger partial charge >= 0.3 is 0 Å². The quantitative estimate of drug-likeness (QED) is 0.358. The first-order valence-electron chi connectivity index (χ1n) is 11.7. The smallest absolute Gasteiger partial charge is 0.255 e. The molecule has 2 N–H and O–H groups in total. The Labute approximate surface area is 194 Å². The number of benzene rings is 1. The highest BCUT2D eigenvalue weighted by atomic mass is 16.5.